The lowest BCUT2D eigenvalue weighted by atomic mass is 10.1. The number of methoxy groups -OCH3 is 1. The van der Waals surface area contributed by atoms with Gasteiger partial charge in [-0.3, -0.25) is 0 Å². The fraction of sp³-hybridized carbons (Fsp3) is 0.250. The van der Waals surface area contributed by atoms with Gasteiger partial charge >= 0.3 is 0 Å². The van der Waals surface area contributed by atoms with Gasteiger partial charge in [0.1, 0.15) is 12.4 Å². The van der Waals surface area contributed by atoms with Crippen LogP contribution in [0.25, 0.3) is 0 Å². The van der Waals surface area contributed by atoms with Crippen LogP contribution in [0.4, 0.5) is 4.39 Å². The zero-order valence-electron chi connectivity index (χ0n) is 11.7. The molecule has 2 N–H and O–H groups in total. The second kappa shape index (κ2) is 6.39. The van der Waals surface area contributed by atoms with Crippen LogP contribution in [-0.4, -0.2) is 7.11 Å². The van der Waals surface area contributed by atoms with Crippen LogP contribution in [0, 0.1) is 12.7 Å². The van der Waals surface area contributed by atoms with E-state index < -0.39 is 0 Å². The highest BCUT2D eigenvalue weighted by atomic mass is 19.1. The van der Waals surface area contributed by atoms with E-state index in [0.717, 1.165) is 11.1 Å². The molecule has 0 bridgehead atoms. The molecular formula is C16H18FNO2. The molecule has 0 radical (unpaired) electrons. The summed E-state index contributed by atoms with van der Waals surface area (Å²) in [5.41, 5.74) is 7.80. The molecule has 20 heavy (non-hydrogen) atoms. The van der Waals surface area contributed by atoms with Gasteiger partial charge in [0.2, 0.25) is 0 Å². The van der Waals surface area contributed by atoms with Crippen LogP contribution in [0.3, 0.4) is 0 Å². The highest BCUT2D eigenvalue weighted by Crippen LogP contribution is 2.28. The first-order valence-corrected chi connectivity index (χ1v) is 6.39. The Balaban J connectivity index is 2.12. The molecular weight excluding hydrogens is 257 g/mol. The first-order chi connectivity index (χ1) is 9.63. The normalized spacial score (nSPS) is 10.4. The lowest BCUT2D eigenvalue weighted by Crippen LogP contribution is -2.02. The summed E-state index contributed by atoms with van der Waals surface area (Å²) in [5.74, 6) is 0.934. The Morgan fingerprint density at radius 2 is 1.90 bits per heavy atom. The molecule has 0 fully saturated rings. The molecule has 2 rings (SSSR count). The van der Waals surface area contributed by atoms with Crippen molar-refractivity contribution in [3.8, 4) is 11.5 Å². The van der Waals surface area contributed by atoms with Crippen molar-refractivity contribution in [1.29, 1.82) is 0 Å². The van der Waals surface area contributed by atoms with Crippen LogP contribution in [0.5, 0.6) is 11.5 Å². The highest BCUT2D eigenvalue weighted by molar-refractivity contribution is 5.42. The van der Waals surface area contributed by atoms with Crippen LogP contribution in [-0.2, 0) is 13.2 Å². The predicted molar refractivity (Wildman–Crippen MR) is 76.4 cm³/mol. The molecule has 0 saturated heterocycles. The Bertz CT molecular complexity index is 599. The minimum atomic E-state index is -0.306. The number of rotatable bonds is 5. The maximum absolute atomic E-state index is 13.8. The maximum Gasteiger partial charge on any atom is 0.161 e. The molecule has 0 heterocycles. The maximum atomic E-state index is 13.8. The van der Waals surface area contributed by atoms with Gasteiger partial charge in [-0.25, -0.2) is 4.39 Å². The van der Waals surface area contributed by atoms with E-state index in [1.54, 1.807) is 19.2 Å². The van der Waals surface area contributed by atoms with Crippen LogP contribution >= 0.6 is 0 Å². The van der Waals surface area contributed by atoms with Crippen molar-refractivity contribution in [2.45, 2.75) is 20.1 Å². The van der Waals surface area contributed by atoms with Crippen LogP contribution in [0.15, 0.2) is 36.4 Å². The smallest absolute Gasteiger partial charge is 0.161 e. The topological polar surface area (TPSA) is 44.5 Å². The zero-order valence-corrected chi connectivity index (χ0v) is 11.7. The molecule has 2 aromatic carbocycles. The molecule has 0 atom stereocenters. The fourth-order valence-corrected chi connectivity index (χ4v) is 1.88. The molecule has 0 unspecified atom stereocenters. The minimum Gasteiger partial charge on any atom is -0.493 e. The number of aryl methyl sites for hydroxylation is 1. The Morgan fingerprint density at radius 3 is 2.55 bits per heavy atom. The molecule has 4 heteroatoms. The summed E-state index contributed by atoms with van der Waals surface area (Å²) < 4.78 is 24.7. The van der Waals surface area contributed by atoms with Gasteiger partial charge in [-0.1, -0.05) is 18.2 Å². The summed E-state index contributed by atoms with van der Waals surface area (Å²) in [4.78, 5) is 0. The Hall–Kier alpha value is -2.07. The molecule has 0 aliphatic carbocycles. The minimum absolute atomic E-state index is 0.149. The van der Waals surface area contributed by atoms with Gasteiger partial charge in [0.15, 0.2) is 11.5 Å². The summed E-state index contributed by atoms with van der Waals surface area (Å²) in [6.45, 7) is 2.44. The third-order valence-corrected chi connectivity index (χ3v) is 3.06. The third-order valence-electron chi connectivity index (χ3n) is 3.06. The average Bonchev–Trinajstić information content (AvgIpc) is 2.46. The number of hydrogen-bond acceptors (Lipinski definition) is 3. The highest BCUT2D eigenvalue weighted by Gasteiger charge is 2.07. The van der Waals surface area contributed by atoms with Crippen molar-refractivity contribution in [1.82, 2.24) is 0 Å². The molecule has 2 aromatic rings. The largest absolute Gasteiger partial charge is 0.493 e. The van der Waals surface area contributed by atoms with Crippen molar-refractivity contribution in [3.05, 3.63) is 58.9 Å². The number of hydrogen-bond donors (Lipinski definition) is 1. The summed E-state index contributed by atoms with van der Waals surface area (Å²) in [6.07, 6.45) is 0. The van der Waals surface area contributed by atoms with E-state index in [1.807, 2.05) is 25.1 Å². The summed E-state index contributed by atoms with van der Waals surface area (Å²) in [5, 5.41) is 0. The fourth-order valence-electron chi connectivity index (χ4n) is 1.88. The number of halogens is 1. The zero-order chi connectivity index (χ0) is 14.5. The first-order valence-electron chi connectivity index (χ1n) is 6.39. The van der Waals surface area contributed by atoms with Gasteiger partial charge < -0.3 is 15.2 Å². The molecule has 0 saturated carbocycles. The van der Waals surface area contributed by atoms with Crippen molar-refractivity contribution < 1.29 is 13.9 Å². The molecule has 106 valence electrons. The van der Waals surface area contributed by atoms with Gasteiger partial charge in [-0.2, -0.15) is 0 Å². The van der Waals surface area contributed by atoms with E-state index in [2.05, 4.69) is 0 Å². The Labute approximate surface area is 118 Å². The molecule has 0 aliphatic heterocycles. The van der Waals surface area contributed by atoms with Crippen molar-refractivity contribution in [3.63, 3.8) is 0 Å². The SMILES string of the molecule is COc1cc(C)ccc1OCc1ccc(CN)cc1F. The van der Waals surface area contributed by atoms with Gasteiger partial charge in [0.25, 0.3) is 0 Å². The molecule has 3 nitrogen and oxygen atoms in total. The van der Waals surface area contributed by atoms with Crippen molar-refractivity contribution in [2.24, 2.45) is 5.73 Å². The van der Waals surface area contributed by atoms with Crippen LogP contribution in [0.2, 0.25) is 0 Å². The van der Waals surface area contributed by atoms with Gasteiger partial charge in [-0.05, 0) is 36.2 Å². The van der Waals surface area contributed by atoms with Crippen molar-refractivity contribution in [2.75, 3.05) is 7.11 Å². The van der Waals surface area contributed by atoms with E-state index >= 15 is 0 Å². The van der Waals surface area contributed by atoms with E-state index in [4.69, 9.17) is 15.2 Å². The monoisotopic (exact) mass is 275 g/mol. The summed E-state index contributed by atoms with van der Waals surface area (Å²) in [6, 6.07) is 10.5. The first kappa shape index (κ1) is 14.3. The molecule has 0 aromatic heterocycles. The average molecular weight is 275 g/mol. The standard InChI is InChI=1S/C16H18FNO2/c1-11-3-6-15(16(7-11)19-2)20-10-13-5-4-12(9-18)8-14(13)17/h3-8H,9-10,18H2,1-2H3. The Kier molecular flexibility index (Phi) is 4.58. The van der Waals surface area contributed by atoms with Gasteiger partial charge in [-0.15, -0.1) is 0 Å². The van der Waals surface area contributed by atoms with Crippen LogP contribution in [0.1, 0.15) is 16.7 Å². The summed E-state index contributed by atoms with van der Waals surface area (Å²) in [7, 11) is 1.58. The third kappa shape index (κ3) is 3.27. The second-order valence-corrected chi connectivity index (χ2v) is 4.57. The van der Waals surface area contributed by atoms with E-state index in [0.29, 0.717) is 23.6 Å². The molecule has 0 amide bonds. The quantitative estimate of drug-likeness (QED) is 0.911. The number of nitrogens with two attached hydrogens (primary N) is 1. The predicted octanol–water partition coefficient (Wildman–Crippen LogP) is 3.18. The Morgan fingerprint density at radius 1 is 1.10 bits per heavy atom. The number of ether oxygens (including phenoxy) is 2. The molecule has 0 aliphatic rings. The van der Waals surface area contributed by atoms with Gasteiger partial charge in [0, 0.05) is 12.1 Å². The second-order valence-electron chi connectivity index (χ2n) is 4.57. The summed E-state index contributed by atoms with van der Waals surface area (Å²) >= 11 is 0. The lowest BCUT2D eigenvalue weighted by Gasteiger charge is -2.12. The van der Waals surface area contributed by atoms with E-state index in [-0.39, 0.29) is 12.4 Å². The van der Waals surface area contributed by atoms with Gasteiger partial charge in [0.05, 0.1) is 7.11 Å². The number of benzene rings is 2. The lowest BCUT2D eigenvalue weighted by molar-refractivity contribution is 0.279. The molecule has 0 spiro atoms. The van der Waals surface area contributed by atoms with Crippen molar-refractivity contribution >= 4 is 0 Å². The van der Waals surface area contributed by atoms with E-state index in [9.17, 15) is 4.39 Å². The van der Waals surface area contributed by atoms with E-state index in [1.165, 1.54) is 6.07 Å². The van der Waals surface area contributed by atoms with Crippen LogP contribution < -0.4 is 15.2 Å².